The summed E-state index contributed by atoms with van der Waals surface area (Å²) in [5.74, 6) is -0.130. The summed E-state index contributed by atoms with van der Waals surface area (Å²) in [6, 6.07) is 2.40. The second-order valence-electron chi connectivity index (χ2n) is 5.37. The molecular weight excluding hydrogens is 310 g/mol. The van der Waals surface area contributed by atoms with Crippen LogP contribution in [0, 0.1) is 5.92 Å². The van der Waals surface area contributed by atoms with E-state index in [1.807, 2.05) is 0 Å². The molecule has 0 aliphatic heterocycles. The highest BCUT2D eigenvalue weighted by molar-refractivity contribution is 7.91. The van der Waals surface area contributed by atoms with E-state index in [1.165, 1.54) is 19.6 Å². The molecule has 0 spiro atoms. The van der Waals surface area contributed by atoms with Crippen molar-refractivity contribution in [1.82, 2.24) is 4.72 Å². The van der Waals surface area contributed by atoms with Gasteiger partial charge in [-0.25, -0.2) is 8.42 Å². The van der Waals surface area contributed by atoms with Gasteiger partial charge in [0.25, 0.3) is 10.0 Å². The van der Waals surface area contributed by atoms with Gasteiger partial charge in [0.15, 0.2) is 0 Å². The monoisotopic (exact) mass is 331 g/mol. The molecule has 0 saturated heterocycles. The predicted octanol–water partition coefficient (Wildman–Crippen LogP) is 2.54. The van der Waals surface area contributed by atoms with Crippen molar-refractivity contribution in [2.24, 2.45) is 5.92 Å². The molecule has 1 aromatic heterocycles. The van der Waals surface area contributed by atoms with Gasteiger partial charge in [0.1, 0.15) is 10.3 Å². The normalized spacial score (nSPS) is 18.3. The molecule has 0 radical (unpaired) electrons. The number of carbonyl (C=O) groups is 1. The Bertz CT molecular complexity index is 548. The third kappa shape index (κ3) is 4.52. The molecule has 1 saturated carbocycles. The van der Waals surface area contributed by atoms with Gasteiger partial charge in [-0.15, -0.1) is 11.3 Å². The van der Waals surface area contributed by atoms with Crippen molar-refractivity contribution >= 4 is 27.3 Å². The van der Waals surface area contributed by atoms with E-state index < -0.39 is 22.0 Å². The maximum atomic E-state index is 12.3. The van der Waals surface area contributed by atoms with Gasteiger partial charge in [-0.3, -0.25) is 4.79 Å². The molecule has 5 nitrogen and oxygen atoms in total. The number of rotatable bonds is 6. The second-order valence-corrected chi connectivity index (χ2v) is 8.26. The minimum absolute atomic E-state index is 0.222. The second kappa shape index (κ2) is 7.38. The van der Waals surface area contributed by atoms with Crippen LogP contribution in [0.1, 0.15) is 38.5 Å². The first-order valence-corrected chi connectivity index (χ1v) is 9.53. The maximum Gasteiger partial charge on any atom is 0.323 e. The molecule has 7 heteroatoms. The fourth-order valence-electron chi connectivity index (χ4n) is 2.75. The van der Waals surface area contributed by atoms with Gasteiger partial charge in [0.2, 0.25) is 0 Å². The Hall–Kier alpha value is -0.920. The van der Waals surface area contributed by atoms with Crippen LogP contribution in [0.25, 0.3) is 0 Å². The highest BCUT2D eigenvalue weighted by atomic mass is 32.2. The van der Waals surface area contributed by atoms with E-state index in [0.29, 0.717) is 12.3 Å². The Labute approximate surface area is 129 Å². The van der Waals surface area contributed by atoms with Gasteiger partial charge in [-0.1, -0.05) is 38.2 Å². The standard InChI is InChI=1S/C14H21NO4S2/c1-19-14(16)12(10-11-6-3-2-4-7-11)15-21(17,18)13-8-5-9-20-13/h5,8-9,11-12,15H,2-4,6-7,10H2,1H3. The minimum Gasteiger partial charge on any atom is -0.468 e. The summed E-state index contributed by atoms with van der Waals surface area (Å²) in [5.41, 5.74) is 0. The summed E-state index contributed by atoms with van der Waals surface area (Å²) in [6.07, 6.45) is 6.13. The number of thiophene rings is 1. The number of esters is 1. The summed E-state index contributed by atoms with van der Waals surface area (Å²) in [6.45, 7) is 0. The molecule has 1 heterocycles. The molecule has 1 aromatic rings. The number of nitrogens with one attached hydrogen (secondary N) is 1. The van der Waals surface area contributed by atoms with Crippen LogP contribution in [0.2, 0.25) is 0 Å². The first-order valence-electron chi connectivity index (χ1n) is 7.16. The first kappa shape index (κ1) is 16.5. The Morgan fingerprint density at radius 3 is 2.71 bits per heavy atom. The third-order valence-corrected chi connectivity index (χ3v) is 6.71. The molecule has 1 aliphatic carbocycles. The molecule has 1 N–H and O–H groups in total. The fourth-order valence-corrected chi connectivity index (χ4v) is 4.96. The molecule has 2 rings (SSSR count). The lowest BCUT2D eigenvalue weighted by Crippen LogP contribution is -2.42. The van der Waals surface area contributed by atoms with Crippen molar-refractivity contribution in [3.63, 3.8) is 0 Å². The number of ether oxygens (including phenoxy) is 1. The number of hydrogen-bond donors (Lipinski definition) is 1. The maximum absolute atomic E-state index is 12.3. The molecule has 1 atom stereocenters. The summed E-state index contributed by atoms with van der Waals surface area (Å²) in [7, 11) is -2.37. The van der Waals surface area contributed by atoms with Crippen LogP contribution in [0.3, 0.4) is 0 Å². The van der Waals surface area contributed by atoms with E-state index in [1.54, 1.807) is 11.4 Å². The van der Waals surface area contributed by atoms with Crippen molar-refractivity contribution in [3.8, 4) is 0 Å². The quantitative estimate of drug-likeness (QED) is 0.813. The zero-order valence-corrected chi connectivity index (χ0v) is 13.7. The van der Waals surface area contributed by atoms with Gasteiger partial charge in [-0.05, 0) is 23.8 Å². The van der Waals surface area contributed by atoms with E-state index >= 15 is 0 Å². The van der Waals surface area contributed by atoms with Crippen molar-refractivity contribution in [2.75, 3.05) is 7.11 Å². The highest BCUT2D eigenvalue weighted by Gasteiger charge is 2.30. The van der Waals surface area contributed by atoms with Gasteiger partial charge in [-0.2, -0.15) is 4.72 Å². The number of sulfonamides is 1. The third-order valence-electron chi connectivity index (χ3n) is 3.84. The average Bonchev–Trinajstić information content (AvgIpc) is 3.02. The highest BCUT2D eigenvalue weighted by Crippen LogP contribution is 2.28. The average molecular weight is 331 g/mol. The summed E-state index contributed by atoms with van der Waals surface area (Å²) in [4.78, 5) is 11.9. The van der Waals surface area contributed by atoms with Crippen LogP contribution in [0.5, 0.6) is 0 Å². The van der Waals surface area contributed by atoms with Crippen molar-refractivity contribution < 1.29 is 17.9 Å². The van der Waals surface area contributed by atoms with Gasteiger partial charge in [0, 0.05) is 0 Å². The fraction of sp³-hybridized carbons (Fsp3) is 0.643. The van der Waals surface area contributed by atoms with Crippen LogP contribution in [-0.2, 0) is 19.6 Å². The van der Waals surface area contributed by atoms with Gasteiger partial charge >= 0.3 is 5.97 Å². The first-order chi connectivity index (χ1) is 10.0. The minimum atomic E-state index is -3.65. The van der Waals surface area contributed by atoms with E-state index in [0.717, 1.165) is 37.0 Å². The van der Waals surface area contributed by atoms with E-state index in [2.05, 4.69) is 4.72 Å². The topological polar surface area (TPSA) is 72.5 Å². The lowest BCUT2D eigenvalue weighted by Gasteiger charge is -2.25. The zero-order valence-electron chi connectivity index (χ0n) is 12.1. The largest absolute Gasteiger partial charge is 0.468 e. The molecule has 1 fully saturated rings. The summed E-state index contributed by atoms with van der Waals surface area (Å²) < 4.78 is 32.0. The van der Waals surface area contributed by atoms with Crippen molar-refractivity contribution in [3.05, 3.63) is 17.5 Å². The van der Waals surface area contributed by atoms with E-state index in [-0.39, 0.29) is 4.21 Å². The lowest BCUT2D eigenvalue weighted by molar-refractivity contribution is -0.143. The molecule has 1 aliphatic rings. The zero-order chi connectivity index (χ0) is 15.3. The van der Waals surface area contributed by atoms with Crippen LogP contribution in [0.4, 0.5) is 0 Å². The molecular formula is C14H21NO4S2. The van der Waals surface area contributed by atoms with Crippen molar-refractivity contribution in [2.45, 2.75) is 48.8 Å². The molecule has 21 heavy (non-hydrogen) atoms. The van der Waals surface area contributed by atoms with E-state index in [9.17, 15) is 13.2 Å². The van der Waals surface area contributed by atoms with Crippen LogP contribution >= 0.6 is 11.3 Å². The molecule has 0 aromatic carbocycles. The smallest absolute Gasteiger partial charge is 0.323 e. The summed E-state index contributed by atoms with van der Waals surface area (Å²) in [5, 5.41) is 1.70. The van der Waals surface area contributed by atoms with Crippen LogP contribution < -0.4 is 4.72 Å². The summed E-state index contributed by atoms with van der Waals surface area (Å²) >= 11 is 1.13. The number of carbonyl (C=O) groups excluding carboxylic acids is 1. The number of methoxy groups -OCH3 is 1. The Kier molecular flexibility index (Phi) is 5.78. The van der Waals surface area contributed by atoms with Crippen LogP contribution in [-0.4, -0.2) is 27.5 Å². The Balaban J connectivity index is 2.07. The molecule has 1 unspecified atom stereocenters. The molecule has 0 amide bonds. The van der Waals surface area contributed by atoms with Crippen LogP contribution in [0.15, 0.2) is 21.7 Å². The van der Waals surface area contributed by atoms with E-state index in [4.69, 9.17) is 4.74 Å². The molecule has 118 valence electrons. The number of hydrogen-bond acceptors (Lipinski definition) is 5. The van der Waals surface area contributed by atoms with Gasteiger partial charge in [0.05, 0.1) is 7.11 Å². The molecule has 0 bridgehead atoms. The Morgan fingerprint density at radius 1 is 1.43 bits per heavy atom. The Morgan fingerprint density at radius 2 is 2.14 bits per heavy atom. The predicted molar refractivity (Wildman–Crippen MR) is 81.6 cm³/mol. The van der Waals surface area contributed by atoms with Gasteiger partial charge < -0.3 is 4.74 Å². The lowest BCUT2D eigenvalue weighted by atomic mass is 9.85. The SMILES string of the molecule is COC(=O)C(CC1CCCCC1)NS(=O)(=O)c1cccs1. The van der Waals surface area contributed by atoms with Crippen molar-refractivity contribution in [1.29, 1.82) is 0 Å².